The van der Waals surface area contributed by atoms with Crippen LogP contribution in [0.15, 0.2) is 30.7 Å². The third kappa shape index (κ3) is 4.24. The van der Waals surface area contributed by atoms with Gasteiger partial charge in [-0.15, -0.1) is 0 Å². The van der Waals surface area contributed by atoms with E-state index in [0.29, 0.717) is 24.5 Å². The zero-order valence-corrected chi connectivity index (χ0v) is 11.5. The van der Waals surface area contributed by atoms with E-state index >= 15 is 0 Å². The number of carbonyl (C=O) groups is 1. The van der Waals surface area contributed by atoms with Gasteiger partial charge in [0.15, 0.2) is 0 Å². The second kappa shape index (κ2) is 6.96. The summed E-state index contributed by atoms with van der Waals surface area (Å²) >= 11 is 0. The Kier molecular flexibility index (Phi) is 4.77. The first-order valence-corrected chi connectivity index (χ1v) is 6.36. The molecule has 21 heavy (non-hydrogen) atoms. The molecule has 0 atom stereocenters. The molecular weight excluding hydrogens is 268 g/mol. The van der Waals surface area contributed by atoms with E-state index in [4.69, 9.17) is 5.26 Å². The molecule has 0 unspecified atom stereocenters. The van der Waals surface area contributed by atoms with Gasteiger partial charge in [0.05, 0.1) is 17.5 Å². The Morgan fingerprint density at radius 1 is 1.19 bits per heavy atom. The smallest absolute Gasteiger partial charge is 0.271 e. The van der Waals surface area contributed by atoms with Crippen LogP contribution >= 0.6 is 0 Å². The van der Waals surface area contributed by atoms with Gasteiger partial charge in [0, 0.05) is 25.5 Å². The lowest BCUT2D eigenvalue weighted by Gasteiger charge is -2.07. The van der Waals surface area contributed by atoms with Gasteiger partial charge in [-0.25, -0.2) is 9.97 Å². The molecule has 7 nitrogen and oxygen atoms in total. The minimum atomic E-state index is -0.267. The normalized spacial score (nSPS) is 9.71. The topological polar surface area (TPSA) is 104 Å². The van der Waals surface area contributed by atoms with Gasteiger partial charge in [-0.3, -0.25) is 9.78 Å². The average Bonchev–Trinajstić information content (AvgIpc) is 2.52. The van der Waals surface area contributed by atoms with Crippen molar-refractivity contribution in [3.8, 4) is 6.07 Å². The summed E-state index contributed by atoms with van der Waals surface area (Å²) in [6.07, 6.45) is 4.48. The molecule has 2 N–H and O–H groups in total. The van der Waals surface area contributed by atoms with Crippen LogP contribution in [0.4, 0.5) is 5.82 Å². The molecule has 2 aromatic heterocycles. The number of anilines is 1. The van der Waals surface area contributed by atoms with Gasteiger partial charge in [-0.05, 0) is 19.1 Å². The standard InChI is InChI=1S/C14H14N6O/c1-10-7-19-12(9-18-10)14(21)17-5-4-16-13-3-2-11(6-15)8-20-13/h2-3,7-9H,4-5H2,1H3,(H,16,20)(H,17,21). The van der Waals surface area contributed by atoms with Crippen LogP contribution in [0.5, 0.6) is 0 Å². The van der Waals surface area contributed by atoms with Gasteiger partial charge in [0.25, 0.3) is 5.91 Å². The monoisotopic (exact) mass is 282 g/mol. The van der Waals surface area contributed by atoms with Crippen molar-refractivity contribution in [2.45, 2.75) is 6.92 Å². The maximum Gasteiger partial charge on any atom is 0.271 e. The molecule has 2 rings (SSSR count). The number of amides is 1. The molecular formula is C14H14N6O. The third-order valence-corrected chi connectivity index (χ3v) is 2.62. The minimum Gasteiger partial charge on any atom is -0.368 e. The zero-order chi connectivity index (χ0) is 15.1. The molecule has 0 saturated carbocycles. The Balaban J connectivity index is 1.75. The van der Waals surface area contributed by atoms with Crippen LogP contribution in [0.2, 0.25) is 0 Å². The molecule has 0 fully saturated rings. The summed E-state index contributed by atoms with van der Waals surface area (Å²) in [5.74, 6) is 0.385. The molecule has 7 heteroatoms. The van der Waals surface area contributed by atoms with Gasteiger partial charge in [0.1, 0.15) is 17.6 Å². The highest BCUT2D eigenvalue weighted by atomic mass is 16.1. The van der Waals surface area contributed by atoms with Crippen molar-refractivity contribution < 1.29 is 4.79 Å². The van der Waals surface area contributed by atoms with Crippen LogP contribution in [0.1, 0.15) is 21.7 Å². The molecule has 1 amide bonds. The fraction of sp³-hybridized carbons (Fsp3) is 0.214. The van der Waals surface area contributed by atoms with Crippen LogP contribution in [0, 0.1) is 18.3 Å². The first-order valence-electron chi connectivity index (χ1n) is 6.36. The maximum absolute atomic E-state index is 11.8. The summed E-state index contributed by atoms with van der Waals surface area (Å²) in [7, 11) is 0. The van der Waals surface area contributed by atoms with Gasteiger partial charge >= 0.3 is 0 Å². The van der Waals surface area contributed by atoms with Crippen LogP contribution in [-0.4, -0.2) is 33.9 Å². The first kappa shape index (κ1) is 14.4. The van der Waals surface area contributed by atoms with E-state index in [1.165, 1.54) is 12.4 Å². The number of rotatable bonds is 5. The molecule has 2 heterocycles. The van der Waals surface area contributed by atoms with Crippen molar-refractivity contribution in [1.29, 1.82) is 5.26 Å². The number of aromatic nitrogens is 3. The van der Waals surface area contributed by atoms with Crippen LogP contribution < -0.4 is 10.6 Å². The van der Waals surface area contributed by atoms with Crippen molar-refractivity contribution in [3.05, 3.63) is 47.7 Å². The van der Waals surface area contributed by atoms with E-state index in [0.717, 1.165) is 5.69 Å². The second-order valence-corrected chi connectivity index (χ2v) is 4.27. The summed E-state index contributed by atoms with van der Waals surface area (Å²) in [6, 6.07) is 5.39. The highest BCUT2D eigenvalue weighted by molar-refractivity contribution is 5.91. The molecule has 2 aromatic rings. The molecule has 106 valence electrons. The Morgan fingerprint density at radius 2 is 2.05 bits per heavy atom. The van der Waals surface area contributed by atoms with Crippen LogP contribution in [-0.2, 0) is 0 Å². The number of nitrogens with one attached hydrogen (secondary N) is 2. The predicted molar refractivity (Wildman–Crippen MR) is 76.5 cm³/mol. The summed E-state index contributed by atoms with van der Waals surface area (Å²) < 4.78 is 0. The largest absolute Gasteiger partial charge is 0.368 e. The summed E-state index contributed by atoms with van der Waals surface area (Å²) in [5.41, 5.74) is 1.56. The number of nitriles is 1. The van der Waals surface area contributed by atoms with E-state index in [1.807, 2.05) is 13.0 Å². The quantitative estimate of drug-likeness (QED) is 0.789. The SMILES string of the molecule is Cc1cnc(C(=O)NCCNc2ccc(C#N)cn2)cn1. The van der Waals surface area contributed by atoms with E-state index in [9.17, 15) is 4.79 Å². The molecule has 0 aromatic carbocycles. The van der Waals surface area contributed by atoms with Crippen LogP contribution in [0.25, 0.3) is 0 Å². The Morgan fingerprint density at radius 3 is 2.67 bits per heavy atom. The predicted octanol–water partition coefficient (Wildman–Crippen LogP) is 0.894. The first-order chi connectivity index (χ1) is 10.2. The number of hydrogen-bond donors (Lipinski definition) is 2. The van der Waals surface area contributed by atoms with Gasteiger partial charge in [0.2, 0.25) is 0 Å². The van der Waals surface area contributed by atoms with E-state index < -0.39 is 0 Å². The minimum absolute atomic E-state index is 0.267. The van der Waals surface area contributed by atoms with Crippen LogP contribution in [0.3, 0.4) is 0 Å². The van der Waals surface area contributed by atoms with Crippen molar-refractivity contribution in [1.82, 2.24) is 20.3 Å². The highest BCUT2D eigenvalue weighted by Gasteiger charge is 2.06. The molecule has 0 saturated heterocycles. The fourth-order valence-electron chi connectivity index (χ4n) is 1.53. The Labute approximate surface area is 122 Å². The molecule has 0 bridgehead atoms. The average molecular weight is 282 g/mol. The van der Waals surface area contributed by atoms with E-state index in [1.54, 1.807) is 18.3 Å². The van der Waals surface area contributed by atoms with Crippen molar-refractivity contribution in [2.75, 3.05) is 18.4 Å². The lowest BCUT2D eigenvalue weighted by atomic mass is 10.3. The molecule has 0 aliphatic rings. The zero-order valence-electron chi connectivity index (χ0n) is 11.5. The number of aryl methyl sites for hydroxylation is 1. The number of carbonyl (C=O) groups excluding carboxylic acids is 1. The van der Waals surface area contributed by atoms with Gasteiger partial charge in [-0.2, -0.15) is 5.26 Å². The van der Waals surface area contributed by atoms with E-state index in [2.05, 4.69) is 25.6 Å². The maximum atomic E-state index is 11.8. The number of nitrogens with zero attached hydrogens (tertiary/aromatic N) is 4. The molecule has 0 aliphatic heterocycles. The third-order valence-electron chi connectivity index (χ3n) is 2.62. The highest BCUT2D eigenvalue weighted by Crippen LogP contribution is 2.02. The Bertz CT molecular complexity index is 645. The van der Waals surface area contributed by atoms with E-state index in [-0.39, 0.29) is 11.6 Å². The molecule has 0 aliphatic carbocycles. The second-order valence-electron chi connectivity index (χ2n) is 4.27. The lowest BCUT2D eigenvalue weighted by Crippen LogP contribution is -2.29. The fourth-order valence-corrected chi connectivity index (χ4v) is 1.53. The number of pyridine rings is 1. The molecule has 0 radical (unpaired) electrons. The molecule has 0 spiro atoms. The Hall–Kier alpha value is -3.01. The van der Waals surface area contributed by atoms with Crippen molar-refractivity contribution in [2.24, 2.45) is 0 Å². The summed E-state index contributed by atoms with van der Waals surface area (Å²) in [4.78, 5) is 23.8. The lowest BCUT2D eigenvalue weighted by molar-refractivity contribution is 0.0950. The van der Waals surface area contributed by atoms with Crippen molar-refractivity contribution >= 4 is 11.7 Å². The van der Waals surface area contributed by atoms with Gasteiger partial charge in [-0.1, -0.05) is 0 Å². The summed E-state index contributed by atoms with van der Waals surface area (Å²) in [6.45, 7) is 2.75. The van der Waals surface area contributed by atoms with Crippen molar-refractivity contribution in [3.63, 3.8) is 0 Å². The summed E-state index contributed by atoms with van der Waals surface area (Å²) in [5, 5.41) is 14.4. The van der Waals surface area contributed by atoms with Gasteiger partial charge < -0.3 is 10.6 Å². The number of hydrogen-bond acceptors (Lipinski definition) is 6.